The Bertz CT molecular complexity index is 886. The van der Waals surface area contributed by atoms with Gasteiger partial charge in [-0.05, 0) is 44.5 Å². The van der Waals surface area contributed by atoms with Gasteiger partial charge in [0.2, 0.25) is 0 Å². The SMILES string of the molecule is Cc1cccc(OCCNC(=O)c2cnc3c(cnn3C(C)C)c2)c1. The molecule has 0 unspecified atom stereocenters. The van der Waals surface area contributed by atoms with E-state index in [-0.39, 0.29) is 11.9 Å². The average Bonchev–Trinajstić information content (AvgIpc) is 3.02. The maximum Gasteiger partial charge on any atom is 0.252 e. The number of hydrogen-bond acceptors (Lipinski definition) is 4. The quantitative estimate of drug-likeness (QED) is 0.701. The Balaban J connectivity index is 1.57. The standard InChI is InChI=1S/C19H22N4O2/c1-13(2)23-18-15(12-22-23)10-16(11-21-18)19(24)20-7-8-25-17-6-4-5-14(3)9-17/h4-6,9-13H,7-8H2,1-3H3,(H,20,24). The number of benzene rings is 1. The Morgan fingerprint density at radius 2 is 2.12 bits per heavy atom. The van der Waals surface area contributed by atoms with Crippen molar-refractivity contribution in [1.29, 1.82) is 0 Å². The molecule has 2 heterocycles. The van der Waals surface area contributed by atoms with Crippen LogP contribution in [0.3, 0.4) is 0 Å². The lowest BCUT2D eigenvalue weighted by molar-refractivity contribution is 0.0947. The summed E-state index contributed by atoms with van der Waals surface area (Å²) in [4.78, 5) is 16.6. The van der Waals surface area contributed by atoms with Crippen molar-refractivity contribution in [3.05, 3.63) is 53.9 Å². The monoisotopic (exact) mass is 338 g/mol. The molecule has 130 valence electrons. The minimum atomic E-state index is -0.167. The molecule has 0 spiro atoms. The lowest BCUT2D eigenvalue weighted by Gasteiger charge is -2.09. The summed E-state index contributed by atoms with van der Waals surface area (Å²) in [5, 5.41) is 8.02. The van der Waals surface area contributed by atoms with E-state index in [0.717, 1.165) is 22.3 Å². The lowest BCUT2D eigenvalue weighted by Crippen LogP contribution is -2.28. The summed E-state index contributed by atoms with van der Waals surface area (Å²) < 4.78 is 7.47. The van der Waals surface area contributed by atoms with Crippen LogP contribution in [0.1, 0.15) is 35.8 Å². The molecule has 6 heteroatoms. The molecule has 2 aromatic heterocycles. The van der Waals surface area contributed by atoms with Gasteiger partial charge in [-0.3, -0.25) is 4.79 Å². The van der Waals surface area contributed by atoms with E-state index in [2.05, 4.69) is 15.4 Å². The molecule has 6 nitrogen and oxygen atoms in total. The first-order valence-electron chi connectivity index (χ1n) is 8.35. The third-order valence-corrected chi connectivity index (χ3v) is 3.83. The smallest absolute Gasteiger partial charge is 0.252 e. The summed E-state index contributed by atoms with van der Waals surface area (Å²) in [6.07, 6.45) is 3.32. The van der Waals surface area contributed by atoms with Crippen LogP contribution >= 0.6 is 0 Å². The third kappa shape index (κ3) is 3.96. The van der Waals surface area contributed by atoms with Crippen LogP contribution in [0.25, 0.3) is 11.0 Å². The summed E-state index contributed by atoms with van der Waals surface area (Å²) in [5.41, 5.74) is 2.45. The van der Waals surface area contributed by atoms with Gasteiger partial charge in [-0.25, -0.2) is 9.67 Å². The van der Waals surface area contributed by atoms with Crippen LogP contribution in [0, 0.1) is 6.92 Å². The fraction of sp³-hybridized carbons (Fsp3) is 0.316. The molecule has 0 aliphatic carbocycles. The van der Waals surface area contributed by atoms with E-state index >= 15 is 0 Å². The number of carbonyl (C=O) groups excluding carboxylic acids is 1. The van der Waals surface area contributed by atoms with Crippen molar-refractivity contribution >= 4 is 16.9 Å². The van der Waals surface area contributed by atoms with E-state index in [0.29, 0.717) is 18.7 Å². The number of aryl methyl sites for hydroxylation is 1. The van der Waals surface area contributed by atoms with Crippen molar-refractivity contribution in [2.75, 3.05) is 13.2 Å². The molecule has 1 aromatic carbocycles. The molecule has 3 aromatic rings. The first kappa shape index (κ1) is 17.0. The normalized spacial score (nSPS) is 11.0. The number of amides is 1. The van der Waals surface area contributed by atoms with Crippen LogP contribution in [-0.4, -0.2) is 33.8 Å². The van der Waals surface area contributed by atoms with E-state index in [1.807, 2.05) is 55.8 Å². The predicted molar refractivity (Wildman–Crippen MR) is 96.9 cm³/mol. The zero-order valence-corrected chi connectivity index (χ0v) is 14.7. The molecule has 0 aliphatic heterocycles. The van der Waals surface area contributed by atoms with Gasteiger partial charge in [0, 0.05) is 17.6 Å². The number of nitrogens with one attached hydrogen (secondary N) is 1. The highest BCUT2D eigenvalue weighted by atomic mass is 16.5. The predicted octanol–water partition coefficient (Wildman–Crippen LogP) is 3.13. The van der Waals surface area contributed by atoms with Crippen LogP contribution < -0.4 is 10.1 Å². The van der Waals surface area contributed by atoms with Crippen molar-refractivity contribution in [3.63, 3.8) is 0 Å². The molecule has 0 saturated heterocycles. The zero-order valence-electron chi connectivity index (χ0n) is 14.7. The molecule has 0 saturated carbocycles. The third-order valence-electron chi connectivity index (χ3n) is 3.83. The lowest BCUT2D eigenvalue weighted by atomic mass is 10.2. The minimum absolute atomic E-state index is 0.167. The molecule has 0 atom stereocenters. The molecule has 0 bridgehead atoms. The van der Waals surface area contributed by atoms with Crippen molar-refractivity contribution in [2.45, 2.75) is 26.8 Å². The second-order valence-electron chi connectivity index (χ2n) is 6.24. The number of pyridine rings is 1. The van der Waals surface area contributed by atoms with Crippen LogP contribution in [0.15, 0.2) is 42.7 Å². The van der Waals surface area contributed by atoms with Crippen LogP contribution in [0.2, 0.25) is 0 Å². The molecule has 25 heavy (non-hydrogen) atoms. The number of nitrogens with zero attached hydrogens (tertiary/aromatic N) is 3. The number of rotatable bonds is 6. The first-order valence-corrected chi connectivity index (χ1v) is 8.35. The number of carbonyl (C=O) groups is 1. The fourth-order valence-corrected chi connectivity index (χ4v) is 2.58. The molecule has 0 fully saturated rings. The Labute approximate surface area is 146 Å². The number of ether oxygens (including phenoxy) is 1. The molecule has 0 aliphatic rings. The molecule has 1 amide bonds. The van der Waals surface area contributed by atoms with Crippen LogP contribution in [0.4, 0.5) is 0 Å². The van der Waals surface area contributed by atoms with E-state index in [1.165, 1.54) is 0 Å². The first-order chi connectivity index (χ1) is 12.0. The Morgan fingerprint density at radius 3 is 2.88 bits per heavy atom. The van der Waals surface area contributed by atoms with Gasteiger partial charge in [0.25, 0.3) is 5.91 Å². The fourth-order valence-electron chi connectivity index (χ4n) is 2.58. The Kier molecular flexibility index (Phi) is 4.97. The highest BCUT2D eigenvalue weighted by Gasteiger charge is 2.11. The molecule has 3 rings (SSSR count). The average molecular weight is 338 g/mol. The van der Waals surface area contributed by atoms with Gasteiger partial charge in [-0.2, -0.15) is 5.10 Å². The minimum Gasteiger partial charge on any atom is -0.492 e. The van der Waals surface area contributed by atoms with Gasteiger partial charge in [0.05, 0.1) is 18.3 Å². The molecular weight excluding hydrogens is 316 g/mol. The zero-order chi connectivity index (χ0) is 17.8. The Morgan fingerprint density at radius 1 is 1.28 bits per heavy atom. The van der Waals surface area contributed by atoms with Crippen LogP contribution in [-0.2, 0) is 0 Å². The van der Waals surface area contributed by atoms with Crippen molar-refractivity contribution in [1.82, 2.24) is 20.1 Å². The second-order valence-corrected chi connectivity index (χ2v) is 6.24. The maximum absolute atomic E-state index is 12.3. The largest absolute Gasteiger partial charge is 0.492 e. The summed E-state index contributed by atoms with van der Waals surface area (Å²) in [7, 11) is 0. The number of fused-ring (bicyclic) bond motifs is 1. The highest BCUT2D eigenvalue weighted by molar-refractivity contribution is 5.96. The summed E-state index contributed by atoms with van der Waals surface area (Å²) >= 11 is 0. The molecular formula is C19H22N4O2. The topological polar surface area (TPSA) is 69.0 Å². The van der Waals surface area contributed by atoms with E-state index in [1.54, 1.807) is 12.4 Å². The van der Waals surface area contributed by atoms with Crippen molar-refractivity contribution in [2.24, 2.45) is 0 Å². The maximum atomic E-state index is 12.3. The van der Waals surface area contributed by atoms with Gasteiger partial charge < -0.3 is 10.1 Å². The van der Waals surface area contributed by atoms with Gasteiger partial charge in [-0.15, -0.1) is 0 Å². The summed E-state index contributed by atoms with van der Waals surface area (Å²) in [6, 6.07) is 9.86. The summed E-state index contributed by atoms with van der Waals surface area (Å²) in [5.74, 6) is 0.637. The number of hydrogen-bond donors (Lipinski definition) is 1. The van der Waals surface area contributed by atoms with Gasteiger partial charge in [0.1, 0.15) is 12.4 Å². The molecule has 1 N–H and O–H groups in total. The van der Waals surface area contributed by atoms with E-state index in [9.17, 15) is 4.79 Å². The highest BCUT2D eigenvalue weighted by Crippen LogP contribution is 2.16. The number of aromatic nitrogens is 3. The van der Waals surface area contributed by atoms with Gasteiger partial charge >= 0.3 is 0 Å². The van der Waals surface area contributed by atoms with E-state index < -0.39 is 0 Å². The van der Waals surface area contributed by atoms with Gasteiger partial charge in [-0.1, -0.05) is 12.1 Å². The van der Waals surface area contributed by atoms with E-state index in [4.69, 9.17) is 4.74 Å². The van der Waals surface area contributed by atoms with Gasteiger partial charge in [0.15, 0.2) is 5.65 Å². The van der Waals surface area contributed by atoms with Crippen LogP contribution in [0.5, 0.6) is 5.75 Å². The summed E-state index contributed by atoms with van der Waals surface area (Å²) in [6.45, 7) is 6.94. The molecule has 0 radical (unpaired) electrons. The van der Waals surface area contributed by atoms with Crippen molar-refractivity contribution < 1.29 is 9.53 Å². The second kappa shape index (κ2) is 7.34. The Hall–Kier alpha value is -2.89. The van der Waals surface area contributed by atoms with Crippen molar-refractivity contribution in [3.8, 4) is 5.75 Å².